The van der Waals surface area contributed by atoms with Crippen LogP contribution in [0.4, 0.5) is 13.2 Å². The molecule has 1 saturated carbocycles. The fourth-order valence-electron chi connectivity index (χ4n) is 4.04. The predicted molar refractivity (Wildman–Crippen MR) is 84.9 cm³/mol. The highest BCUT2D eigenvalue weighted by atomic mass is 19.4. The summed E-state index contributed by atoms with van der Waals surface area (Å²) >= 11 is 0. The van der Waals surface area contributed by atoms with E-state index in [9.17, 15) is 23.4 Å². The van der Waals surface area contributed by atoms with Crippen molar-refractivity contribution in [2.75, 3.05) is 0 Å². The lowest BCUT2D eigenvalue weighted by Gasteiger charge is -2.37. The number of aromatic hydroxyl groups is 1. The van der Waals surface area contributed by atoms with Gasteiger partial charge in [-0.2, -0.15) is 13.2 Å². The molecule has 0 saturated heterocycles. The van der Waals surface area contributed by atoms with Crippen LogP contribution >= 0.6 is 0 Å². The minimum atomic E-state index is -4.25. The maximum Gasteiger partial charge on any atom is 0.392 e. The number of rotatable bonds is 1. The maximum absolute atomic E-state index is 13.3. The number of aliphatic hydroxyl groups is 1. The normalized spacial score (nSPS) is 31.6. The molecule has 6 heteroatoms. The van der Waals surface area contributed by atoms with Crippen LogP contribution < -0.4 is 0 Å². The fourth-order valence-corrected chi connectivity index (χ4v) is 4.04. The zero-order chi connectivity index (χ0) is 17.8. The summed E-state index contributed by atoms with van der Waals surface area (Å²) in [7, 11) is 0. The van der Waals surface area contributed by atoms with E-state index < -0.39 is 30.2 Å². The van der Waals surface area contributed by atoms with Gasteiger partial charge in [0.05, 0.1) is 12.0 Å². The summed E-state index contributed by atoms with van der Waals surface area (Å²) in [6.07, 6.45) is -0.631. The molecular weight excluding hydrogens is 333 g/mol. The van der Waals surface area contributed by atoms with Crippen LogP contribution in [0.15, 0.2) is 59.4 Å². The third-order valence-corrected chi connectivity index (χ3v) is 5.22. The van der Waals surface area contributed by atoms with E-state index in [4.69, 9.17) is 4.74 Å². The van der Waals surface area contributed by atoms with E-state index in [0.717, 1.165) is 5.56 Å². The molecule has 1 heterocycles. The number of benzene rings is 1. The number of aliphatic hydroxyl groups excluding tert-OH is 1. The number of fused-ring (bicyclic) bond motifs is 2. The van der Waals surface area contributed by atoms with Gasteiger partial charge in [0.25, 0.3) is 0 Å². The molecular formula is C19H17F3O3. The lowest BCUT2D eigenvalue weighted by atomic mass is 9.82. The summed E-state index contributed by atoms with van der Waals surface area (Å²) in [5.41, 5.74) is 2.11. The molecule has 2 aliphatic carbocycles. The first-order chi connectivity index (χ1) is 11.8. The fraction of sp³-hybridized carbons (Fsp3) is 0.368. The minimum Gasteiger partial charge on any atom is -0.508 e. The van der Waals surface area contributed by atoms with E-state index in [-0.39, 0.29) is 24.4 Å². The molecule has 4 rings (SSSR count). The maximum atomic E-state index is 13.3. The molecule has 2 N–H and O–H groups in total. The topological polar surface area (TPSA) is 49.7 Å². The van der Waals surface area contributed by atoms with E-state index in [1.165, 1.54) is 24.3 Å². The van der Waals surface area contributed by atoms with Gasteiger partial charge in [-0.05, 0) is 54.3 Å². The summed E-state index contributed by atoms with van der Waals surface area (Å²) in [4.78, 5) is 0. The van der Waals surface area contributed by atoms with Crippen LogP contribution in [0.3, 0.4) is 0 Å². The molecule has 0 amide bonds. The second-order valence-corrected chi connectivity index (χ2v) is 6.76. The van der Waals surface area contributed by atoms with E-state index in [1.54, 1.807) is 18.2 Å². The molecule has 1 aliphatic heterocycles. The molecule has 3 aliphatic rings. The van der Waals surface area contributed by atoms with Crippen molar-refractivity contribution in [3.05, 3.63) is 65.0 Å². The highest BCUT2D eigenvalue weighted by Crippen LogP contribution is 2.54. The highest BCUT2D eigenvalue weighted by Gasteiger charge is 2.51. The van der Waals surface area contributed by atoms with Crippen molar-refractivity contribution in [2.24, 2.45) is 11.8 Å². The Morgan fingerprint density at radius 3 is 2.48 bits per heavy atom. The van der Waals surface area contributed by atoms with Crippen LogP contribution in [0.2, 0.25) is 0 Å². The zero-order valence-electron chi connectivity index (χ0n) is 13.2. The Kier molecular flexibility index (Phi) is 3.68. The molecule has 1 fully saturated rings. The SMILES string of the molecule is OC1=CC2=C3C[C@@H](C(F)(F)F)C[C@@H]3[C@H](c3ccc(O)cc3)OC2C=C1. The highest BCUT2D eigenvalue weighted by molar-refractivity contribution is 5.46. The van der Waals surface area contributed by atoms with Gasteiger partial charge in [0.2, 0.25) is 0 Å². The van der Waals surface area contributed by atoms with E-state index >= 15 is 0 Å². The van der Waals surface area contributed by atoms with Crippen molar-refractivity contribution in [3.63, 3.8) is 0 Å². The Bertz CT molecular complexity index is 774. The van der Waals surface area contributed by atoms with Gasteiger partial charge in [0, 0.05) is 5.92 Å². The molecule has 0 radical (unpaired) electrons. The van der Waals surface area contributed by atoms with Gasteiger partial charge in [0.15, 0.2) is 0 Å². The molecule has 132 valence electrons. The molecule has 0 spiro atoms. The van der Waals surface area contributed by atoms with Crippen molar-refractivity contribution in [1.29, 1.82) is 0 Å². The average molecular weight is 350 g/mol. The number of alkyl halides is 3. The number of ether oxygens (including phenoxy) is 1. The molecule has 0 bridgehead atoms. The van der Waals surface area contributed by atoms with Crippen LogP contribution in [0.5, 0.6) is 5.75 Å². The lowest BCUT2D eigenvalue weighted by molar-refractivity contribution is -0.173. The molecule has 1 aromatic carbocycles. The molecule has 1 unspecified atom stereocenters. The van der Waals surface area contributed by atoms with E-state index in [2.05, 4.69) is 0 Å². The third-order valence-electron chi connectivity index (χ3n) is 5.22. The zero-order valence-corrected chi connectivity index (χ0v) is 13.2. The summed E-state index contributed by atoms with van der Waals surface area (Å²) in [5.74, 6) is -1.66. The summed E-state index contributed by atoms with van der Waals surface area (Å²) in [6, 6.07) is 6.39. The van der Waals surface area contributed by atoms with E-state index in [1.807, 2.05) is 0 Å². The lowest BCUT2D eigenvalue weighted by Crippen LogP contribution is -2.30. The Labute approximate surface area is 142 Å². The average Bonchev–Trinajstić information content (AvgIpc) is 3.01. The first-order valence-corrected chi connectivity index (χ1v) is 8.16. The number of phenolic OH excluding ortho intramolecular Hbond substituents is 1. The Balaban J connectivity index is 1.77. The van der Waals surface area contributed by atoms with Crippen LogP contribution in [0, 0.1) is 11.8 Å². The summed E-state index contributed by atoms with van der Waals surface area (Å²) in [5, 5.41) is 19.2. The smallest absolute Gasteiger partial charge is 0.392 e. The standard InChI is InChI=1S/C19H17F3O3/c20-19(21,22)11-7-14-15-9-13(24)5-6-17(15)25-18(16(14)8-11)10-1-3-12(23)4-2-10/h1-6,9,11,16-18,23-24H,7-8H2/t11-,16+,17?,18+/m1/s1. The van der Waals surface area contributed by atoms with Crippen LogP contribution in [0.25, 0.3) is 0 Å². The van der Waals surface area contributed by atoms with Gasteiger partial charge in [-0.3, -0.25) is 0 Å². The Hall–Kier alpha value is -2.21. The summed E-state index contributed by atoms with van der Waals surface area (Å²) in [6.45, 7) is 0. The van der Waals surface area contributed by atoms with Crippen molar-refractivity contribution in [3.8, 4) is 5.75 Å². The van der Waals surface area contributed by atoms with Crippen molar-refractivity contribution >= 4 is 0 Å². The molecule has 0 aromatic heterocycles. The monoisotopic (exact) mass is 350 g/mol. The first-order valence-electron chi connectivity index (χ1n) is 8.16. The largest absolute Gasteiger partial charge is 0.508 e. The predicted octanol–water partition coefficient (Wildman–Crippen LogP) is 4.73. The second kappa shape index (κ2) is 5.66. The summed E-state index contributed by atoms with van der Waals surface area (Å²) < 4.78 is 46.0. The second-order valence-electron chi connectivity index (χ2n) is 6.76. The minimum absolute atomic E-state index is 0.0274. The van der Waals surface area contributed by atoms with Gasteiger partial charge in [-0.1, -0.05) is 17.7 Å². The van der Waals surface area contributed by atoms with Gasteiger partial charge in [-0.15, -0.1) is 0 Å². The van der Waals surface area contributed by atoms with Gasteiger partial charge >= 0.3 is 6.18 Å². The van der Waals surface area contributed by atoms with Crippen molar-refractivity contribution in [1.82, 2.24) is 0 Å². The van der Waals surface area contributed by atoms with Crippen LogP contribution in [-0.4, -0.2) is 22.5 Å². The van der Waals surface area contributed by atoms with Crippen LogP contribution in [-0.2, 0) is 4.74 Å². The number of halogens is 3. The van der Waals surface area contributed by atoms with Gasteiger partial charge < -0.3 is 14.9 Å². The van der Waals surface area contributed by atoms with Gasteiger partial charge in [0.1, 0.15) is 17.6 Å². The van der Waals surface area contributed by atoms with E-state index in [0.29, 0.717) is 11.1 Å². The number of allylic oxidation sites excluding steroid dienone is 1. The molecule has 3 nitrogen and oxygen atoms in total. The first kappa shape index (κ1) is 16.3. The third kappa shape index (κ3) is 2.84. The van der Waals surface area contributed by atoms with Crippen molar-refractivity contribution in [2.45, 2.75) is 31.2 Å². The molecule has 1 aromatic rings. The Morgan fingerprint density at radius 1 is 1.08 bits per heavy atom. The Morgan fingerprint density at radius 2 is 1.80 bits per heavy atom. The van der Waals surface area contributed by atoms with Crippen LogP contribution in [0.1, 0.15) is 24.5 Å². The molecule has 25 heavy (non-hydrogen) atoms. The molecule has 4 atom stereocenters. The number of hydrogen-bond donors (Lipinski definition) is 2. The quantitative estimate of drug-likeness (QED) is 0.770. The van der Waals surface area contributed by atoms with Crippen molar-refractivity contribution < 1.29 is 28.1 Å². The number of phenols is 1. The number of hydrogen-bond acceptors (Lipinski definition) is 3. The van der Waals surface area contributed by atoms with Gasteiger partial charge in [-0.25, -0.2) is 0 Å².